The van der Waals surface area contributed by atoms with E-state index in [1.165, 1.54) is 12.0 Å². The molecule has 0 saturated heterocycles. The van der Waals surface area contributed by atoms with Crippen LogP contribution in [-0.4, -0.2) is 60.5 Å². The lowest BCUT2D eigenvalue weighted by Gasteiger charge is -2.37. The van der Waals surface area contributed by atoms with Crippen LogP contribution in [0.25, 0.3) is 0 Å². The molecule has 0 radical (unpaired) electrons. The van der Waals surface area contributed by atoms with Crippen molar-refractivity contribution < 1.29 is 28.9 Å². The molecule has 1 aromatic carbocycles. The smallest absolute Gasteiger partial charge is 0.290 e. The minimum Gasteiger partial charge on any atom is -0.497 e. The molecule has 2 heterocycles. The van der Waals surface area contributed by atoms with Gasteiger partial charge in [0.1, 0.15) is 17.6 Å². The van der Waals surface area contributed by atoms with E-state index in [1.807, 2.05) is 0 Å². The molecule has 7 nitrogen and oxygen atoms in total. The largest absolute Gasteiger partial charge is 0.497 e. The van der Waals surface area contributed by atoms with Crippen molar-refractivity contribution in [1.82, 2.24) is 4.90 Å². The molecule has 1 aliphatic carbocycles. The van der Waals surface area contributed by atoms with Crippen molar-refractivity contribution in [2.24, 2.45) is 5.92 Å². The average molecular weight is 422 g/mol. The average Bonchev–Trinajstić information content (AvgIpc) is 3.00. The van der Waals surface area contributed by atoms with Gasteiger partial charge in [0.25, 0.3) is 5.91 Å². The van der Waals surface area contributed by atoms with Crippen LogP contribution in [-0.2, 0) is 14.3 Å². The van der Waals surface area contributed by atoms with Gasteiger partial charge in [-0.05, 0) is 37.5 Å². The Morgan fingerprint density at radius 2 is 2.03 bits per heavy atom. The van der Waals surface area contributed by atoms with Crippen molar-refractivity contribution in [2.45, 2.75) is 36.8 Å². The normalized spacial score (nSPS) is 28.8. The van der Waals surface area contributed by atoms with Crippen molar-refractivity contribution in [3.63, 3.8) is 0 Å². The molecule has 0 bridgehead atoms. The molecule has 1 saturated carbocycles. The predicted molar refractivity (Wildman–Crippen MR) is 105 cm³/mol. The molecule has 0 aromatic heterocycles. The molecule has 4 unspecified atom stereocenters. The fourth-order valence-corrected chi connectivity index (χ4v) is 4.90. The molecule has 29 heavy (non-hydrogen) atoms. The number of ketones is 1. The summed E-state index contributed by atoms with van der Waals surface area (Å²) in [5.41, 5.74) is 0.939. The fraction of sp³-hybridized carbons (Fsp3) is 0.524. The molecule has 8 heteroatoms. The van der Waals surface area contributed by atoms with E-state index < -0.39 is 6.04 Å². The van der Waals surface area contributed by atoms with Gasteiger partial charge in [-0.1, -0.05) is 0 Å². The van der Waals surface area contributed by atoms with Crippen molar-refractivity contribution in [3.05, 3.63) is 35.1 Å². The van der Waals surface area contributed by atoms with Gasteiger partial charge in [-0.25, -0.2) is 0 Å². The number of carbonyl (C=O) groups excluding carboxylic acids is 2. The van der Waals surface area contributed by atoms with Crippen LogP contribution in [0.3, 0.4) is 0 Å². The Labute approximate surface area is 174 Å². The Kier molecular flexibility index (Phi) is 5.44. The Bertz CT molecular complexity index is 869. The van der Waals surface area contributed by atoms with E-state index in [9.17, 15) is 14.7 Å². The third kappa shape index (κ3) is 3.26. The predicted octanol–water partition coefficient (Wildman–Crippen LogP) is 2.21. The number of Topliss-reactive ketones (excluding diaryl/α,β-unsaturated/α-hetero) is 1. The molecular weight excluding hydrogens is 398 g/mol. The van der Waals surface area contributed by atoms with Crippen LogP contribution in [0.1, 0.15) is 30.9 Å². The fourth-order valence-electron chi connectivity index (χ4n) is 4.58. The number of alkyl halides is 1. The molecule has 4 rings (SSSR count). The topological polar surface area (TPSA) is 85.3 Å². The Hall–Kier alpha value is -2.25. The van der Waals surface area contributed by atoms with E-state index in [0.717, 1.165) is 6.42 Å². The molecule has 1 amide bonds. The van der Waals surface area contributed by atoms with Crippen LogP contribution < -0.4 is 9.47 Å². The first-order chi connectivity index (χ1) is 14.0. The van der Waals surface area contributed by atoms with Gasteiger partial charge in [0.15, 0.2) is 11.5 Å². The molecular formula is C21H24ClNO6. The maximum atomic E-state index is 13.5. The second-order valence-electron chi connectivity index (χ2n) is 7.51. The number of fused-ring (bicyclic) bond motifs is 1. The van der Waals surface area contributed by atoms with Crippen LogP contribution in [0.2, 0.25) is 0 Å². The van der Waals surface area contributed by atoms with Crippen molar-refractivity contribution in [3.8, 4) is 11.5 Å². The van der Waals surface area contributed by atoms with E-state index >= 15 is 0 Å². The zero-order chi connectivity index (χ0) is 20.7. The summed E-state index contributed by atoms with van der Waals surface area (Å²) in [4.78, 5) is 28.1. The number of amides is 1. The maximum absolute atomic E-state index is 13.5. The van der Waals surface area contributed by atoms with Crippen LogP contribution in [0.15, 0.2) is 29.5 Å². The standard InChI is InChI=1S/C21H24ClNO6/c1-27-12-4-6-15(28-2)13(10-12)18-17-19(25)14-9-11(22)3-5-16(14)29-20(17)21(26)23(18)7-8-24/h4,6,10-11,14,16,18,24H,3,5,7-9H2,1-2H3. The van der Waals surface area contributed by atoms with E-state index in [1.54, 1.807) is 25.3 Å². The number of benzene rings is 1. The molecule has 2 aliphatic heterocycles. The van der Waals surface area contributed by atoms with Gasteiger partial charge in [0, 0.05) is 17.5 Å². The third-order valence-electron chi connectivity index (χ3n) is 5.95. The highest BCUT2D eigenvalue weighted by Crippen LogP contribution is 2.49. The summed E-state index contributed by atoms with van der Waals surface area (Å²) in [5.74, 6) is 0.327. The molecule has 0 spiro atoms. The summed E-state index contributed by atoms with van der Waals surface area (Å²) in [5, 5.41) is 9.48. The monoisotopic (exact) mass is 421 g/mol. The lowest BCUT2D eigenvalue weighted by Crippen LogP contribution is -2.41. The number of rotatable bonds is 5. The van der Waals surface area contributed by atoms with Crippen LogP contribution in [0.4, 0.5) is 0 Å². The first kappa shape index (κ1) is 20.0. The molecule has 1 fully saturated rings. The summed E-state index contributed by atoms with van der Waals surface area (Å²) in [6, 6.07) is 4.53. The number of methoxy groups -OCH3 is 2. The molecule has 1 N–H and O–H groups in total. The second-order valence-corrected chi connectivity index (χ2v) is 8.13. The Balaban J connectivity index is 1.84. The number of hydrogen-bond donors (Lipinski definition) is 1. The van der Waals surface area contributed by atoms with Gasteiger partial charge in [0.05, 0.1) is 38.4 Å². The summed E-state index contributed by atoms with van der Waals surface area (Å²) >= 11 is 6.32. The number of nitrogens with zero attached hydrogens (tertiary/aromatic N) is 1. The number of halogens is 1. The van der Waals surface area contributed by atoms with Gasteiger partial charge in [-0.3, -0.25) is 9.59 Å². The van der Waals surface area contributed by atoms with Crippen molar-refractivity contribution in [1.29, 1.82) is 0 Å². The Morgan fingerprint density at radius 1 is 1.24 bits per heavy atom. The minimum atomic E-state index is -0.709. The van der Waals surface area contributed by atoms with Gasteiger partial charge in [0.2, 0.25) is 0 Å². The highest BCUT2D eigenvalue weighted by Gasteiger charge is 2.53. The number of ether oxygens (including phenoxy) is 3. The van der Waals surface area contributed by atoms with Gasteiger partial charge in [-0.15, -0.1) is 11.6 Å². The zero-order valence-corrected chi connectivity index (χ0v) is 17.1. The Morgan fingerprint density at radius 3 is 2.72 bits per heavy atom. The number of hydrogen-bond acceptors (Lipinski definition) is 6. The second kappa shape index (κ2) is 7.88. The lowest BCUT2D eigenvalue weighted by molar-refractivity contribution is -0.135. The van der Waals surface area contributed by atoms with Crippen LogP contribution in [0.5, 0.6) is 11.5 Å². The van der Waals surface area contributed by atoms with E-state index in [-0.39, 0.29) is 48.0 Å². The number of carbonyl (C=O) groups is 2. The third-order valence-corrected chi connectivity index (χ3v) is 6.35. The zero-order valence-electron chi connectivity index (χ0n) is 16.4. The van der Waals surface area contributed by atoms with Gasteiger partial charge >= 0.3 is 0 Å². The number of β-amino-alcohol motifs (C(OH)–C–C–N with tert-alkyl or cyclic N) is 1. The SMILES string of the molecule is COc1ccc(OC)c(C2C3=C(OC4CCC(Cl)CC4C3=O)C(=O)N2CCO)c1. The molecule has 156 valence electrons. The highest BCUT2D eigenvalue weighted by atomic mass is 35.5. The van der Waals surface area contributed by atoms with Crippen molar-refractivity contribution >= 4 is 23.3 Å². The summed E-state index contributed by atoms with van der Waals surface area (Å²) in [6.07, 6.45) is 1.59. The number of aliphatic hydroxyl groups is 1. The van der Waals surface area contributed by atoms with Gasteiger partial charge < -0.3 is 24.2 Å². The molecule has 4 atom stereocenters. The van der Waals surface area contributed by atoms with E-state index in [0.29, 0.717) is 35.5 Å². The maximum Gasteiger partial charge on any atom is 0.290 e. The van der Waals surface area contributed by atoms with E-state index in [4.69, 9.17) is 25.8 Å². The minimum absolute atomic E-state index is 0.0704. The highest BCUT2D eigenvalue weighted by molar-refractivity contribution is 6.21. The first-order valence-electron chi connectivity index (χ1n) is 9.73. The molecule has 1 aromatic rings. The van der Waals surface area contributed by atoms with Crippen LogP contribution >= 0.6 is 11.6 Å². The van der Waals surface area contributed by atoms with E-state index in [2.05, 4.69) is 0 Å². The van der Waals surface area contributed by atoms with Crippen molar-refractivity contribution in [2.75, 3.05) is 27.4 Å². The summed E-state index contributed by atoms with van der Waals surface area (Å²) in [6.45, 7) is -0.166. The quantitative estimate of drug-likeness (QED) is 0.734. The first-order valence-corrected chi connectivity index (χ1v) is 10.2. The van der Waals surface area contributed by atoms with Gasteiger partial charge in [-0.2, -0.15) is 0 Å². The summed E-state index contributed by atoms with van der Waals surface area (Å²) in [7, 11) is 3.08. The van der Waals surface area contributed by atoms with Crippen LogP contribution in [0, 0.1) is 5.92 Å². The molecule has 3 aliphatic rings. The lowest BCUT2D eigenvalue weighted by atomic mass is 9.77. The number of aliphatic hydroxyl groups excluding tert-OH is 1. The summed E-state index contributed by atoms with van der Waals surface area (Å²) < 4.78 is 16.9.